The lowest BCUT2D eigenvalue weighted by Gasteiger charge is -2.28. The number of ether oxygens (including phenoxy) is 1. The molecule has 0 aliphatic carbocycles. The number of benzene rings is 1. The number of aromatic nitrogens is 2. The highest BCUT2D eigenvalue weighted by Gasteiger charge is 2.24. The predicted octanol–water partition coefficient (Wildman–Crippen LogP) is 3.99. The molecule has 1 aromatic carbocycles. The molecule has 2 N–H and O–H groups in total. The van der Waals surface area contributed by atoms with E-state index >= 15 is 4.39 Å². The number of hydrogen-bond donors (Lipinski definition) is 2. The number of aryl methyl sites for hydroxylation is 2. The largest absolute Gasteiger partial charge is 0.490 e. The Labute approximate surface area is 173 Å². The molecule has 0 aliphatic rings. The highest BCUT2D eigenvalue weighted by atomic mass is 19.1. The first-order valence-electron chi connectivity index (χ1n) is 9.72. The SMILES string of the molecule is Cc1nccc2c1c(=O)n(C)c1c(F)c(OCC(C)CC(C)(C)NC(=O)O)ccc21. The van der Waals surface area contributed by atoms with Crippen LogP contribution in [0.15, 0.2) is 29.2 Å². The molecule has 3 rings (SSSR count). The van der Waals surface area contributed by atoms with Crippen LogP contribution in [0.5, 0.6) is 5.75 Å². The van der Waals surface area contributed by atoms with Crippen molar-refractivity contribution in [3.63, 3.8) is 0 Å². The highest BCUT2D eigenvalue weighted by molar-refractivity contribution is 6.06. The van der Waals surface area contributed by atoms with Crippen LogP contribution in [0.4, 0.5) is 9.18 Å². The zero-order chi connectivity index (χ0) is 22.2. The summed E-state index contributed by atoms with van der Waals surface area (Å²) in [5.41, 5.74) is -0.169. The lowest BCUT2D eigenvalue weighted by Crippen LogP contribution is -2.44. The zero-order valence-electron chi connectivity index (χ0n) is 17.7. The van der Waals surface area contributed by atoms with Crippen LogP contribution in [-0.2, 0) is 7.05 Å². The summed E-state index contributed by atoms with van der Waals surface area (Å²) in [6, 6.07) is 5.02. The number of pyridine rings is 2. The summed E-state index contributed by atoms with van der Waals surface area (Å²) in [4.78, 5) is 27.9. The van der Waals surface area contributed by atoms with Gasteiger partial charge < -0.3 is 19.7 Å². The van der Waals surface area contributed by atoms with Crippen LogP contribution >= 0.6 is 0 Å². The number of fused-ring (bicyclic) bond motifs is 3. The molecule has 8 heteroatoms. The summed E-state index contributed by atoms with van der Waals surface area (Å²) in [5.74, 6) is -0.576. The maximum Gasteiger partial charge on any atom is 0.405 e. The molecule has 3 aromatic rings. The second-order valence-corrected chi connectivity index (χ2v) is 8.39. The fourth-order valence-corrected chi connectivity index (χ4v) is 4.04. The van der Waals surface area contributed by atoms with E-state index in [1.165, 1.54) is 11.6 Å². The fraction of sp³-hybridized carbons (Fsp3) is 0.409. The Bertz CT molecular complexity index is 1190. The third-order valence-corrected chi connectivity index (χ3v) is 5.19. The molecule has 30 heavy (non-hydrogen) atoms. The van der Waals surface area contributed by atoms with E-state index < -0.39 is 17.4 Å². The number of hydrogen-bond acceptors (Lipinski definition) is 4. The minimum absolute atomic E-state index is 0.0314. The van der Waals surface area contributed by atoms with Gasteiger partial charge in [-0.05, 0) is 56.7 Å². The quantitative estimate of drug-likeness (QED) is 0.594. The second-order valence-electron chi connectivity index (χ2n) is 8.39. The number of carbonyl (C=O) groups is 1. The summed E-state index contributed by atoms with van der Waals surface area (Å²) in [6.45, 7) is 7.43. The summed E-state index contributed by atoms with van der Waals surface area (Å²) in [5, 5.41) is 13.1. The van der Waals surface area contributed by atoms with Crippen molar-refractivity contribution < 1.29 is 19.0 Å². The first kappa shape index (κ1) is 21.5. The van der Waals surface area contributed by atoms with Crippen molar-refractivity contribution in [2.45, 2.75) is 39.7 Å². The van der Waals surface area contributed by atoms with Crippen LogP contribution in [-0.4, -0.2) is 32.9 Å². The minimum atomic E-state index is -1.09. The van der Waals surface area contributed by atoms with Gasteiger partial charge in [-0.2, -0.15) is 0 Å². The monoisotopic (exact) mass is 415 g/mol. The third-order valence-electron chi connectivity index (χ3n) is 5.19. The van der Waals surface area contributed by atoms with Gasteiger partial charge in [0.2, 0.25) is 0 Å². The molecule has 1 amide bonds. The van der Waals surface area contributed by atoms with E-state index in [-0.39, 0.29) is 29.4 Å². The maximum atomic E-state index is 15.3. The molecule has 7 nitrogen and oxygen atoms in total. The van der Waals surface area contributed by atoms with Gasteiger partial charge in [-0.15, -0.1) is 0 Å². The number of nitrogens with zero attached hydrogens (tertiary/aromatic N) is 2. The Morgan fingerprint density at radius 1 is 1.33 bits per heavy atom. The number of carboxylic acid groups (broad SMARTS) is 1. The fourth-order valence-electron chi connectivity index (χ4n) is 4.04. The van der Waals surface area contributed by atoms with Gasteiger partial charge >= 0.3 is 6.09 Å². The molecule has 2 heterocycles. The van der Waals surface area contributed by atoms with E-state index in [0.29, 0.717) is 28.3 Å². The van der Waals surface area contributed by atoms with Crippen molar-refractivity contribution >= 4 is 27.8 Å². The maximum absolute atomic E-state index is 15.3. The van der Waals surface area contributed by atoms with Gasteiger partial charge in [-0.1, -0.05) is 6.92 Å². The number of amides is 1. The predicted molar refractivity (Wildman–Crippen MR) is 114 cm³/mol. The normalized spacial score (nSPS) is 12.9. The van der Waals surface area contributed by atoms with Crippen molar-refractivity contribution in [2.24, 2.45) is 13.0 Å². The van der Waals surface area contributed by atoms with Gasteiger partial charge in [-0.3, -0.25) is 9.78 Å². The Balaban J connectivity index is 1.93. The summed E-state index contributed by atoms with van der Waals surface area (Å²) >= 11 is 0. The lowest BCUT2D eigenvalue weighted by molar-refractivity contribution is 0.168. The van der Waals surface area contributed by atoms with E-state index in [2.05, 4.69) is 10.3 Å². The van der Waals surface area contributed by atoms with Crippen molar-refractivity contribution in [3.8, 4) is 5.75 Å². The molecule has 0 radical (unpaired) electrons. The first-order chi connectivity index (χ1) is 14.0. The van der Waals surface area contributed by atoms with E-state index in [1.54, 1.807) is 45.2 Å². The minimum Gasteiger partial charge on any atom is -0.490 e. The molecule has 2 aromatic heterocycles. The molecule has 160 valence electrons. The Morgan fingerprint density at radius 2 is 2.03 bits per heavy atom. The second kappa shape index (κ2) is 7.93. The molecular formula is C22H26FN3O4. The van der Waals surface area contributed by atoms with Gasteiger partial charge in [0, 0.05) is 24.2 Å². The Morgan fingerprint density at radius 3 is 2.70 bits per heavy atom. The first-order valence-corrected chi connectivity index (χ1v) is 9.72. The molecule has 0 bridgehead atoms. The average molecular weight is 415 g/mol. The standard InChI is InChI=1S/C22H26FN3O4/c1-12(10-22(3,4)25-21(28)29)11-30-16-7-6-15-14-8-9-24-13(2)17(14)20(27)26(5)19(15)18(16)23/h6-9,12,25H,10-11H2,1-5H3,(H,28,29). The average Bonchev–Trinajstić information content (AvgIpc) is 2.63. The van der Waals surface area contributed by atoms with E-state index in [4.69, 9.17) is 9.84 Å². The summed E-state index contributed by atoms with van der Waals surface area (Å²) in [6.07, 6.45) is 1.03. The molecule has 0 fully saturated rings. The van der Waals surface area contributed by atoms with Crippen molar-refractivity contribution in [1.29, 1.82) is 0 Å². The molecule has 1 atom stereocenters. The van der Waals surface area contributed by atoms with E-state index in [9.17, 15) is 9.59 Å². The Hall–Kier alpha value is -3.16. The highest BCUT2D eigenvalue weighted by Crippen LogP contribution is 2.31. The van der Waals surface area contributed by atoms with Gasteiger partial charge in [0.25, 0.3) is 5.56 Å². The molecular weight excluding hydrogens is 389 g/mol. The number of rotatable bonds is 6. The topological polar surface area (TPSA) is 93.5 Å². The summed E-state index contributed by atoms with van der Waals surface area (Å²) in [7, 11) is 1.53. The van der Waals surface area contributed by atoms with Crippen molar-refractivity contribution in [3.05, 3.63) is 46.3 Å². The Kier molecular flexibility index (Phi) is 5.70. The van der Waals surface area contributed by atoms with Crippen LogP contribution in [0.1, 0.15) is 32.9 Å². The third kappa shape index (κ3) is 4.08. The van der Waals surface area contributed by atoms with Crippen LogP contribution < -0.4 is 15.6 Å². The van der Waals surface area contributed by atoms with Gasteiger partial charge in [0.05, 0.1) is 23.2 Å². The molecule has 0 saturated heterocycles. The zero-order valence-corrected chi connectivity index (χ0v) is 17.7. The lowest BCUT2D eigenvalue weighted by atomic mass is 9.92. The number of halogens is 1. The van der Waals surface area contributed by atoms with Gasteiger partial charge in [0.15, 0.2) is 11.6 Å². The summed E-state index contributed by atoms with van der Waals surface area (Å²) < 4.78 is 22.3. The van der Waals surface area contributed by atoms with Gasteiger partial charge in [-0.25, -0.2) is 9.18 Å². The van der Waals surface area contributed by atoms with Crippen molar-refractivity contribution in [2.75, 3.05) is 6.61 Å². The molecule has 0 aliphatic heterocycles. The number of nitrogens with one attached hydrogen (secondary N) is 1. The molecule has 0 spiro atoms. The molecule has 0 saturated carbocycles. The van der Waals surface area contributed by atoms with Crippen LogP contribution in [0.3, 0.4) is 0 Å². The van der Waals surface area contributed by atoms with Crippen molar-refractivity contribution in [1.82, 2.24) is 14.9 Å². The van der Waals surface area contributed by atoms with Crippen LogP contribution in [0, 0.1) is 18.7 Å². The van der Waals surface area contributed by atoms with Crippen LogP contribution in [0.2, 0.25) is 0 Å². The van der Waals surface area contributed by atoms with E-state index in [1.807, 2.05) is 6.92 Å². The van der Waals surface area contributed by atoms with Gasteiger partial charge in [0.1, 0.15) is 0 Å². The molecule has 1 unspecified atom stereocenters. The smallest absolute Gasteiger partial charge is 0.405 e. The van der Waals surface area contributed by atoms with Crippen LogP contribution in [0.25, 0.3) is 21.7 Å². The van der Waals surface area contributed by atoms with E-state index in [0.717, 1.165) is 0 Å².